The molecule has 0 aromatic rings. The third-order valence-corrected chi connectivity index (χ3v) is 4.54. The quantitative estimate of drug-likeness (QED) is 0.504. The molecule has 0 aromatic carbocycles. The fraction of sp³-hybridized carbons (Fsp3) is 0.750. The minimum atomic E-state index is -1.67. The molecule has 2 atom stereocenters. The van der Waals surface area contributed by atoms with Crippen molar-refractivity contribution in [2.45, 2.75) is 45.0 Å². The Hall–Kier alpha value is -0.890. The number of allylic oxidation sites excluding steroid dienone is 1. The molecule has 1 fully saturated rings. The van der Waals surface area contributed by atoms with E-state index in [1.807, 2.05) is 6.92 Å². The summed E-state index contributed by atoms with van der Waals surface area (Å²) in [6, 6.07) is 0. The van der Waals surface area contributed by atoms with Crippen molar-refractivity contribution >= 4 is 22.8 Å². The highest BCUT2D eigenvalue weighted by atomic mass is 32.2. The number of carbonyl (C=O) groups excluding carboxylic acids is 2. The van der Waals surface area contributed by atoms with Crippen molar-refractivity contribution in [3.05, 3.63) is 12.2 Å². The van der Waals surface area contributed by atoms with Gasteiger partial charge in [0.05, 0.1) is 20.3 Å². The topological polar surface area (TPSA) is 82.1 Å². The Kier molecular flexibility index (Phi) is 8.83. The summed E-state index contributed by atoms with van der Waals surface area (Å²) in [5.41, 5.74) is -1.67. The SMILES string of the molecule is CCSC(=O)/C=C/CC[C@H](C)[C@](O)(CC1OCCO1)C(=O)OC. The Labute approximate surface area is 141 Å². The molecule has 0 bridgehead atoms. The Morgan fingerprint density at radius 1 is 1.43 bits per heavy atom. The Morgan fingerprint density at radius 2 is 2.09 bits per heavy atom. The van der Waals surface area contributed by atoms with E-state index in [9.17, 15) is 14.7 Å². The third-order valence-electron chi connectivity index (χ3n) is 3.83. The molecule has 1 rings (SSSR count). The van der Waals surface area contributed by atoms with E-state index in [4.69, 9.17) is 14.2 Å². The van der Waals surface area contributed by atoms with Crippen molar-refractivity contribution in [2.24, 2.45) is 5.92 Å². The van der Waals surface area contributed by atoms with Gasteiger partial charge in [0.15, 0.2) is 11.9 Å². The van der Waals surface area contributed by atoms with Gasteiger partial charge in [-0.05, 0) is 30.6 Å². The summed E-state index contributed by atoms with van der Waals surface area (Å²) in [7, 11) is 1.25. The third kappa shape index (κ3) is 6.25. The molecule has 1 aliphatic heterocycles. The molecule has 1 N–H and O–H groups in total. The van der Waals surface area contributed by atoms with Crippen LogP contribution in [0.4, 0.5) is 0 Å². The number of methoxy groups -OCH3 is 1. The maximum absolute atomic E-state index is 12.0. The summed E-state index contributed by atoms with van der Waals surface area (Å²) in [6.45, 7) is 4.61. The van der Waals surface area contributed by atoms with Crippen LogP contribution >= 0.6 is 11.8 Å². The minimum absolute atomic E-state index is 0.0103. The number of hydrogen-bond acceptors (Lipinski definition) is 7. The predicted molar refractivity (Wildman–Crippen MR) is 88.0 cm³/mol. The van der Waals surface area contributed by atoms with Gasteiger partial charge >= 0.3 is 5.97 Å². The first kappa shape index (κ1) is 20.2. The van der Waals surface area contributed by atoms with Crippen LogP contribution in [0.15, 0.2) is 12.2 Å². The van der Waals surface area contributed by atoms with Gasteiger partial charge in [-0.25, -0.2) is 4.79 Å². The van der Waals surface area contributed by atoms with Crippen molar-refractivity contribution in [1.29, 1.82) is 0 Å². The van der Waals surface area contributed by atoms with Gasteiger partial charge in [0.25, 0.3) is 0 Å². The van der Waals surface area contributed by atoms with E-state index >= 15 is 0 Å². The molecule has 1 saturated heterocycles. The lowest BCUT2D eigenvalue weighted by molar-refractivity contribution is -0.181. The van der Waals surface area contributed by atoms with Crippen LogP contribution in [0.2, 0.25) is 0 Å². The van der Waals surface area contributed by atoms with E-state index in [1.165, 1.54) is 24.9 Å². The van der Waals surface area contributed by atoms with Gasteiger partial charge in [0.2, 0.25) is 5.12 Å². The number of carbonyl (C=O) groups is 2. The molecule has 0 saturated carbocycles. The number of hydrogen-bond donors (Lipinski definition) is 1. The van der Waals surface area contributed by atoms with Gasteiger partial charge < -0.3 is 19.3 Å². The number of thioether (sulfide) groups is 1. The predicted octanol–water partition coefficient (Wildman–Crippen LogP) is 1.91. The van der Waals surface area contributed by atoms with Gasteiger partial charge in [-0.2, -0.15) is 0 Å². The second-order valence-electron chi connectivity index (χ2n) is 5.42. The first-order valence-corrected chi connectivity index (χ1v) is 8.79. The molecule has 0 unspecified atom stereocenters. The van der Waals surface area contributed by atoms with Crippen LogP contribution < -0.4 is 0 Å². The molecule has 7 heteroatoms. The normalized spacial score (nSPS) is 19.7. The van der Waals surface area contributed by atoms with Crippen LogP contribution in [0.25, 0.3) is 0 Å². The molecule has 1 heterocycles. The van der Waals surface area contributed by atoms with Crippen molar-refractivity contribution < 1.29 is 28.9 Å². The maximum Gasteiger partial charge on any atom is 0.338 e. The molecule has 0 aromatic heterocycles. The fourth-order valence-corrected chi connectivity index (χ4v) is 2.87. The minimum Gasteiger partial charge on any atom is -0.467 e. The van der Waals surface area contributed by atoms with E-state index in [-0.39, 0.29) is 17.5 Å². The molecule has 23 heavy (non-hydrogen) atoms. The summed E-state index contributed by atoms with van der Waals surface area (Å²) >= 11 is 1.24. The van der Waals surface area contributed by atoms with Gasteiger partial charge in [-0.3, -0.25) is 4.79 Å². The van der Waals surface area contributed by atoms with Crippen LogP contribution in [0, 0.1) is 5.92 Å². The zero-order valence-electron chi connectivity index (χ0n) is 13.9. The molecule has 6 nitrogen and oxygen atoms in total. The Balaban J connectivity index is 2.59. The van der Waals surface area contributed by atoms with E-state index in [0.29, 0.717) is 26.1 Å². The molecule has 1 aliphatic rings. The lowest BCUT2D eigenvalue weighted by Crippen LogP contribution is -2.48. The highest BCUT2D eigenvalue weighted by molar-refractivity contribution is 8.14. The number of esters is 1. The van der Waals surface area contributed by atoms with Crippen LogP contribution in [0.5, 0.6) is 0 Å². The molecule has 132 valence electrons. The molecule has 0 radical (unpaired) electrons. The summed E-state index contributed by atoms with van der Waals surface area (Å²) in [5.74, 6) is -0.310. The van der Waals surface area contributed by atoms with E-state index < -0.39 is 17.9 Å². The molecule has 0 spiro atoms. The molecule has 0 aliphatic carbocycles. The zero-order chi connectivity index (χ0) is 17.3. The second-order valence-corrected chi connectivity index (χ2v) is 6.69. The van der Waals surface area contributed by atoms with Gasteiger partial charge in [-0.1, -0.05) is 31.7 Å². The van der Waals surface area contributed by atoms with E-state index in [2.05, 4.69) is 0 Å². The van der Waals surface area contributed by atoms with Crippen LogP contribution in [-0.4, -0.2) is 54.2 Å². The van der Waals surface area contributed by atoms with Crippen molar-refractivity contribution in [1.82, 2.24) is 0 Å². The van der Waals surface area contributed by atoms with Crippen molar-refractivity contribution in [3.63, 3.8) is 0 Å². The summed E-state index contributed by atoms with van der Waals surface area (Å²) in [6.07, 6.45) is 3.86. The maximum atomic E-state index is 12.0. The monoisotopic (exact) mass is 346 g/mol. The van der Waals surface area contributed by atoms with Crippen LogP contribution in [0.3, 0.4) is 0 Å². The molecule has 0 amide bonds. The number of ether oxygens (including phenoxy) is 3. The summed E-state index contributed by atoms with van der Waals surface area (Å²) in [4.78, 5) is 23.4. The van der Waals surface area contributed by atoms with Gasteiger partial charge in [-0.15, -0.1) is 0 Å². The zero-order valence-corrected chi connectivity index (χ0v) is 14.8. The van der Waals surface area contributed by atoms with Crippen molar-refractivity contribution in [3.8, 4) is 0 Å². The lowest BCUT2D eigenvalue weighted by Gasteiger charge is -2.32. The smallest absolute Gasteiger partial charge is 0.338 e. The Bertz CT molecular complexity index is 419. The van der Waals surface area contributed by atoms with Crippen LogP contribution in [0.1, 0.15) is 33.1 Å². The largest absolute Gasteiger partial charge is 0.467 e. The average Bonchev–Trinajstić information content (AvgIpc) is 3.03. The highest BCUT2D eigenvalue weighted by Crippen LogP contribution is 2.30. The Morgan fingerprint density at radius 3 is 2.65 bits per heavy atom. The first-order chi connectivity index (χ1) is 10.9. The standard InChI is InChI=1S/C16H26O6S/c1-4-23-13(17)8-6-5-7-12(2)16(19,15(18)20-3)11-14-21-9-10-22-14/h6,8,12,14,19H,4-5,7,9-11H2,1-3H3/b8-6+/t12-,16+/m0/s1. The number of rotatable bonds is 9. The summed E-state index contributed by atoms with van der Waals surface area (Å²) in [5, 5.41) is 10.8. The lowest BCUT2D eigenvalue weighted by atomic mass is 9.82. The molecular formula is C16H26O6S. The van der Waals surface area contributed by atoms with E-state index in [0.717, 1.165) is 5.75 Å². The van der Waals surface area contributed by atoms with Crippen molar-refractivity contribution in [2.75, 3.05) is 26.1 Å². The molecular weight excluding hydrogens is 320 g/mol. The second kappa shape index (κ2) is 10.1. The first-order valence-electron chi connectivity index (χ1n) is 7.81. The highest BCUT2D eigenvalue weighted by Gasteiger charge is 2.45. The van der Waals surface area contributed by atoms with E-state index in [1.54, 1.807) is 13.0 Å². The average molecular weight is 346 g/mol. The van der Waals surface area contributed by atoms with Gasteiger partial charge in [0.1, 0.15) is 0 Å². The summed E-state index contributed by atoms with van der Waals surface area (Å²) < 4.78 is 15.4. The van der Waals surface area contributed by atoms with Crippen LogP contribution in [-0.2, 0) is 23.8 Å². The van der Waals surface area contributed by atoms with Gasteiger partial charge in [0, 0.05) is 6.42 Å². The number of aliphatic hydroxyl groups is 1. The fourth-order valence-electron chi connectivity index (χ4n) is 2.40.